The lowest BCUT2D eigenvalue weighted by atomic mass is 9.95. The topological polar surface area (TPSA) is 84.1 Å². The Balaban J connectivity index is 1.70. The van der Waals surface area contributed by atoms with E-state index in [0.29, 0.717) is 33.7 Å². The first-order valence-electron chi connectivity index (χ1n) is 11.6. The third-order valence-electron chi connectivity index (χ3n) is 6.78. The van der Waals surface area contributed by atoms with Gasteiger partial charge in [0.2, 0.25) is 0 Å². The van der Waals surface area contributed by atoms with Crippen LogP contribution in [0.25, 0.3) is 38.9 Å². The van der Waals surface area contributed by atoms with Gasteiger partial charge in [-0.25, -0.2) is 15.0 Å². The molecule has 0 saturated heterocycles. The van der Waals surface area contributed by atoms with Crippen LogP contribution in [0.1, 0.15) is 38.1 Å². The van der Waals surface area contributed by atoms with Crippen molar-refractivity contribution in [3.8, 4) is 17.2 Å². The van der Waals surface area contributed by atoms with Crippen LogP contribution < -0.4 is 15.0 Å². The normalized spacial score (nSPS) is 14.8. The van der Waals surface area contributed by atoms with Gasteiger partial charge >= 0.3 is 0 Å². The summed E-state index contributed by atoms with van der Waals surface area (Å²) in [5, 5.41) is 0.496. The highest BCUT2D eigenvalue weighted by Crippen LogP contribution is 2.34. The first-order valence-corrected chi connectivity index (χ1v) is 11.6. The van der Waals surface area contributed by atoms with Gasteiger partial charge in [-0.2, -0.15) is 0 Å². The Morgan fingerprint density at radius 3 is 2.35 bits per heavy atom. The maximum Gasteiger partial charge on any atom is 0.265 e. The van der Waals surface area contributed by atoms with Gasteiger partial charge in [-0.05, 0) is 37.1 Å². The minimum Gasteiger partial charge on any atom is -0.493 e. The molecule has 0 aliphatic heterocycles. The van der Waals surface area contributed by atoms with Crippen LogP contribution in [0.4, 0.5) is 0 Å². The molecular formula is C26H25N5O3. The van der Waals surface area contributed by atoms with E-state index in [1.54, 1.807) is 25.1 Å². The molecule has 6 rings (SSSR count). The van der Waals surface area contributed by atoms with Crippen molar-refractivity contribution in [1.82, 2.24) is 24.1 Å². The van der Waals surface area contributed by atoms with E-state index in [1.807, 2.05) is 47.0 Å². The molecule has 1 aliphatic rings. The van der Waals surface area contributed by atoms with Gasteiger partial charge in [-0.3, -0.25) is 13.9 Å². The molecular weight excluding hydrogens is 430 g/mol. The number of hydrogen-bond acceptors (Lipinski definition) is 6. The van der Waals surface area contributed by atoms with E-state index in [0.717, 1.165) is 42.4 Å². The van der Waals surface area contributed by atoms with Gasteiger partial charge < -0.3 is 9.47 Å². The summed E-state index contributed by atoms with van der Waals surface area (Å²) in [7, 11) is 3.20. The van der Waals surface area contributed by atoms with Gasteiger partial charge in [0.1, 0.15) is 17.2 Å². The summed E-state index contributed by atoms with van der Waals surface area (Å²) in [6.45, 7) is 0. The zero-order valence-corrected chi connectivity index (χ0v) is 19.2. The lowest BCUT2D eigenvalue weighted by molar-refractivity contribution is 0.345. The molecule has 0 bridgehead atoms. The minimum absolute atomic E-state index is 0.0642. The molecule has 8 nitrogen and oxygen atoms in total. The van der Waals surface area contributed by atoms with Crippen molar-refractivity contribution in [3.05, 3.63) is 59.1 Å². The zero-order chi connectivity index (χ0) is 23.2. The van der Waals surface area contributed by atoms with Crippen LogP contribution in [0.15, 0.2) is 53.6 Å². The zero-order valence-electron chi connectivity index (χ0n) is 19.2. The summed E-state index contributed by atoms with van der Waals surface area (Å²) in [4.78, 5) is 28.4. The lowest BCUT2D eigenvalue weighted by Gasteiger charge is -2.23. The molecule has 1 aliphatic carbocycles. The van der Waals surface area contributed by atoms with E-state index in [1.165, 1.54) is 6.42 Å². The van der Waals surface area contributed by atoms with Crippen molar-refractivity contribution in [3.63, 3.8) is 0 Å². The second-order valence-electron chi connectivity index (χ2n) is 8.71. The molecule has 0 spiro atoms. The summed E-state index contributed by atoms with van der Waals surface area (Å²) >= 11 is 0. The standard InChI is InChI=1S/C26H25N5O3/c1-33-20-13-12-17(14-21(20)34-2)31-24-22(23-25(31)29-19-11-7-6-10-18(19)28-23)26(32)30(15-27-24)16-8-4-3-5-9-16/h6-7,10-16H,3-5,8-9H2,1-2H3. The predicted molar refractivity (Wildman–Crippen MR) is 131 cm³/mol. The number of ether oxygens (including phenoxy) is 2. The Morgan fingerprint density at radius 1 is 0.882 bits per heavy atom. The molecule has 0 amide bonds. The van der Waals surface area contributed by atoms with Crippen molar-refractivity contribution < 1.29 is 9.47 Å². The molecule has 5 aromatic rings. The Labute approximate surface area is 195 Å². The molecule has 8 heteroatoms. The third-order valence-corrected chi connectivity index (χ3v) is 6.78. The molecule has 3 heterocycles. The summed E-state index contributed by atoms with van der Waals surface area (Å²) in [6, 6.07) is 13.5. The van der Waals surface area contributed by atoms with E-state index < -0.39 is 0 Å². The summed E-state index contributed by atoms with van der Waals surface area (Å²) < 4.78 is 14.6. The number of aromatic nitrogens is 5. The molecule has 0 radical (unpaired) electrons. The second-order valence-corrected chi connectivity index (χ2v) is 8.71. The van der Waals surface area contributed by atoms with Crippen LogP contribution in [-0.4, -0.2) is 38.3 Å². The van der Waals surface area contributed by atoms with Crippen LogP contribution in [0.5, 0.6) is 11.5 Å². The molecule has 1 saturated carbocycles. The van der Waals surface area contributed by atoms with Crippen LogP contribution in [-0.2, 0) is 0 Å². The molecule has 3 aromatic heterocycles. The molecule has 0 N–H and O–H groups in total. The number of nitrogens with zero attached hydrogens (tertiary/aromatic N) is 5. The van der Waals surface area contributed by atoms with Crippen LogP contribution in [0.3, 0.4) is 0 Å². The van der Waals surface area contributed by atoms with E-state index in [9.17, 15) is 4.79 Å². The average Bonchev–Trinajstić information content (AvgIpc) is 3.21. The minimum atomic E-state index is -0.0642. The first-order chi connectivity index (χ1) is 16.7. The number of hydrogen-bond donors (Lipinski definition) is 0. The Bertz CT molecular complexity index is 1600. The number of rotatable bonds is 4. The molecule has 2 aromatic carbocycles. The SMILES string of the molecule is COc1ccc(-n2c3nc4ccccc4nc3c3c(=O)n(C4CCCCC4)cnc32)cc1OC. The van der Waals surface area contributed by atoms with Crippen molar-refractivity contribution >= 4 is 33.2 Å². The number of methoxy groups -OCH3 is 2. The fraction of sp³-hybridized carbons (Fsp3) is 0.308. The lowest BCUT2D eigenvalue weighted by Crippen LogP contribution is -2.26. The summed E-state index contributed by atoms with van der Waals surface area (Å²) in [6.07, 6.45) is 7.17. The smallest absolute Gasteiger partial charge is 0.265 e. The Kier molecular flexibility index (Phi) is 4.94. The molecule has 1 fully saturated rings. The molecule has 0 unspecified atom stereocenters. The predicted octanol–water partition coefficient (Wildman–Crippen LogP) is 4.81. The van der Waals surface area contributed by atoms with Gasteiger partial charge in [0.25, 0.3) is 5.56 Å². The van der Waals surface area contributed by atoms with Crippen LogP contribution in [0, 0.1) is 0 Å². The van der Waals surface area contributed by atoms with E-state index in [-0.39, 0.29) is 11.6 Å². The third kappa shape index (κ3) is 3.13. The Morgan fingerprint density at radius 2 is 1.62 bits per heavy atom. The highest BCUT2D eigenvalue weighted by Gasteiger charge is 2.24. The largest absolute Gasteiger partial charge is 0.493 e. The van der Waals surface area contributed by atoms with Crippen molar-refractivity contribution in [1.29, 1.82) is 0 Å². The van der Waals surface area contributed by atoms with Gasteiger partial charge in [0.05, 0.1) is 30.9 Å². The highest BCUT2D eigenvalue weighted by molar-refractivity contribution is 6.05. The molecule has 0 atom stereocenters. The fourth-order valence-electron chi connectivity index (χ4n) is 5.08. The summed E-state index contributed by atoms with van der Waals surface area (Å²) in [5.74, 6) is 1.20. The maximum atomic E-state index is 13.8. The van der Waals surface area contributed by atoms with Crippen molar-refractivity contribution in [2.45, 2.75) is 38.1 Å². The van der Waals surface area contributed by atoms with Gasteiger partial charge in [-0.1, -0.05) is 31.4 Å². The molecule has 172 valence electrons. The van der Waals surface area contributed by atoms with E-state index >= 15 is 0 Å². The number of fused-ring (bicyclic) bond motifs is 4. The monoisotopic (exact) mass is 455 g/mol. The van der Waals surface area contributed by atoms with Crippen molar-refractivity contribution in [2.24, 2.45) is 0 Å². The number of benzene rings is 2. The second kappa shape index (κ2) is 8.13. The molecule has 34 heavy (non-hydrogen) atoms. The fourth-order valence-corrected chi connectivity index (χ4v) is 5.08. The highest BCUT2D eigenvalue weighted by atomic mass is 16.5. The van der Waals surface area contributed by atoms with Crippen LogP contribution in [0.2, 0.25) is 0 Å². The maximum absolute atomic E-state index is 13.8. The first kappa shape index (κ1) is 20.7. The Hall–Kier alpha value is -3.94. The van der Waals surface area contributed by atoms with E-state index in [4.69, 9.17) is 24.4 Å². The van der Waals surface area contributed by atoms with Crippen LogP contribution >= 0.6 is 0 Å². The van der Waals surface area contributed by atoms with Gasteiger partial charge in [0, 0.05) is 12.1 Å². The van der Waals surface area contributed by atoms with Gasteiger partial charge in [0.15, 0.2) is 22.8 Å². The number of para-hydroxylation sites is 2. The average molecular weight is 456 g/mol. The van der Waals surface area contributed by atoms with Gasteiger partial charge in [-0.15, -0.1) is 0 Å². The van der Waals surface area contributed by atoms with E-state index in [2.05, 4.69) is 0 Å². The quantitative estimate of drug-likeness (QED) is 0.387. The summed E-state index contributed by atoms with van der Waals surface area (Å²) in [5.41, 5.74) is 3.89. The van der Waals surface area contributed by atoms with Crippen molar-refractivity contribution in [2.75, 3.05) is 14.2 Å².